The highest BCUT2D eigenvalue weighted by atomic mass is 16.6. The topological polar surface area (TPSA) is 64.3 Å². The van der Waals surface area contributed by atoms with Crippen molar-refractivity contribution in [3.63, 3.8) is 0 Å². The number of hydrogen-bond acceptors (Lipinski definition) is 3. The highest BCUT2D eigenvalue weighted by Crippen LogP contribution is 2.38. The number of nitrogens with two attached hydrogens (primary N) is 1. The van der Waals surface area contributed by atoms with Gasteiger partial charge in [-0.05, 0) is 70.2 Å². The number of ether oxygens (including phenoxy) is 1. The van der Waals surface area contributed by atoms with E-state index >= 15 is 0 Å². The molecule has 4 nitrogen and oxygen atoms in total. The van der Waals surface area contributed by atoms with E-state index in [1.54, 1.807) is 0 Å². The van der Waals surface area contributed by atoms with Crippen molar-refractivity contribution in [3.05, 3.63) is 28.8 Å². The Morgan fingerprint density at radius 2 is 1.82 bits per heavy atom. The Bertz CT molecular complexity index is 567. The Labute approximate surface area is 133 Å². The lowest BCUT2D eigenvalue weighted by atomic mass is 9.87. The van der Waals surface area contributed by atoms with Gasteiger partial charge in [0, 0.05) is 11.2 Å². The van der Waals surface area contributed by atoms with Crippen LogP contribution in [0.3, 0.4) is 0 Å². The minimum Gasteiger partial charge on any atom is -0.444 e. The molecule has 0 aliphatic heterocycles. The Kier molecular flexibility index (Phi) is 4.52. The third-order valence-electron chi connectivity index (χ3n) is 4.37. The number of benzene rings is 1. The summed E-state index contributed by atoms with van der Waals surface area (Å²) in [4.78, 5) is 12.0. The minimum atomic E-state index is -0.509. The third kappa shape index (κ3) is 3.80. The summed E-state index contributed by atoms with van der Waals surface area (Å²) in [7, 11) is 0. The van der Waals surface area contributed by atoms with Crippen LogP contribution in [0.1, 0.15) is 63.1 Å². The first kappa shape index (κ1) is 16.8. The highest BCUT2D eigenvalue weighted by molar-refractivity contribution is 5.86. The molecular weight excluding hydrogens is 276 g/mol. The van der Waals surface area contributed by atoms with Crippen LogP contribution in [0, 0.1) is 13.8 Å². The lowest BCUT2D eigenvalue weighted by Gasteiger charge is -2.27. The standard InChI is InChI=1S/C18H28N2O2/c1-12-10-14(18(19)8-6-7-9-18)11-15(13(12)2)20-16(21)22-17(3,4)5/h10-11H,6-9,19H2,1-5H3,(H,20,21). The van der Waals surface area contributed by atoms with Crippen LogP contribution >= 0.6 is 0 Å². The van der Waals surface area contributed by atoms with E-state index in [0.717, 1.165) is 48.1 Å². The van der Waals surface area contributed by atoms with Gasteiger partial charge >= 0.3 is 6.09 Å². The fourth-order valence-electron chi connectivity index (χ4n) is 2.98. The van der Waals surface area contributed by atoms with Crippen molar-refractivity contribution in [2.45, 2.75) is 71.4 Å². The second-order valence-electron chi connectivity index (χ2n) is 7.46. The number of carbonyl (C=O) groups is 1. The number of anilines is 1. The van der Waals surface area contributed by atoms with Crippen LogP contribution in [0.15, 0.2) is 12.1 Å². The molecule has 1 saturated carbocycles. The van der Waals surface area contributed by atoms with Crippen LogP contribution in [-0.2, 0) is 10.3 Å². The van der Waals surface area contributed by atoms with Crippen molar-refractivity contribution in [1.29, 1.82) is 0 Å². The van der Waals surface area contributed by atoms with Gasteiger partial charge in [0.05, 0.1) is 0 Å². The predicted octanol–water partition coefficient (Wildman–Crippen LogP) is 4.38. The molecule has 0 spiro atoms. The molecule has 1 aromatic carbocycles. The summed E-state index contributed by atoms with van der Waals surface area (Å²) in [6, 6.07) is 4.17. The Balaban J connectivity index is 2.27. The molecule has 0 unspecified atom stereocenters. The molecule has 22 heavy (non-hydrogen) atoms. The van der Waals surface area contributed by atoms with Crippen LogP contribution in [0.25, 0.3) is 0 Å². The maximum absolute atomic E-state index is 12.0. The molecule has 0 saturated heterocycles. The molecule has 0 aromatic heterocycles. The quantitative estimate of drug-likeness (QED) is 0.852. The van der Waals surface area contributed by atoms with Crippen molar-refractivity contribution in [1.82, 2.24) is 0 Å². The smallest absolute Gasteiger partial charge is 0.412 e. The zero-order valence-corrected chi connectivity index (χ0v) is 14.4. The summed E-state index contributed by atoms with van der Waals surface area (Å²) in [6.45, 7) is 9.62. The third-order valence-corrected chi connectivity index (χ3v) is 4.37. The maximum atomic E-state index is 12.0. The summed E-state index contributed by atoms with van der Waals surface area (Å²) in [5, 5.41) is 2.87. The van der Waals surface area contributed by atoms with Gasteiger partial charge in [0.25, 0.3) is 0 Å². The molecule has 0 bridgehead atoms. The van der Waals surface area contributed by atoms with Gasteiger partial charge in [-0.3, -0.25) is 5.32 Å². The number of nitrogens with one attached hydrogen (secondary N) is 1. The second kappa shape index (κ2) is 5.92. The summed E-state index contributed by atoms with van der Waals surface area (Å²) >= 11 is 0. The molecule has 3 N–H and O–H groups in total. The minimum absolute atomic E-state index is 0.261. The molecule has 122 valence electrons. The normalized spacial score (nSPS) is 17.4. The molecule has 0 atom stereocenters. The van der Waals surface area contributed by atoms with Crippen molar-refractivity contribution >= 4 is 11.8 Å². The zero-order chi connectivity index (χ0) is 16.5. The Morgan fingerprint density at radius 3 is 2.36 bits per heavy atom. The van der Waals surface area contributed by atoms with Crippen LogP contribution < -0.4 is 11.1 Å². The fourth-order valence-corrected chi connectivity index (χ4v) is 2.98. The van der Waals surface area contributed by atoms with E-state index < -0.39 is 11.7 Å². The average molecular weight is 304 g/mol. The largest absolute Gasteiger partial charge is 0.444 e. The molecular formula is C18H28N2O2. The molecule has 1 amide bonds. The Morgan fingerprint density at radius 1 is 1.23 bits per heavy atom. The highest BCUT2D eigenvalue weighted by Gasteiger charge is 2.32. The number of rotatable bonds is 2. The van der Waals surface area contributed by atoms with Crippen LogP contribution in [-0.4, -0.2) is 11.7 Å². The summed E-state index contributed by atoms with van der Waals surface area (Å²) in [6.07, 6.45) is 3.91. The van der Waals surface area contributed by atoms with E-state index in [4.69, 9.17) is 10.5 Å². The van der Waals surface area contributed by atoms with Crippen molar-refractivity contribution in [2.24, 2.45) is 5.73 Å². The van der Waals surface area contributed by atoms with Gasteiger partial charge in [0.1, 0.15) is 5.60 Å². The predicted molar refractivity (Wildman–Crippen MR) is 90.1 cm³/mol. The number of amides is 1. The van der Waals surface area contributed by atoms with Crippen molar-refractivity contribution in [2.75, 3.05) is 5.32 Å². The van der Waals surface area contributed by atoms with Gasteiger partial charge < -0.3 is 10.5 Å². The molecule has 1 fully saturated rings. The zero-order valence-electron chi connectivity index (χ0n) is 14.4. The summed E-state index contributed by atoms with van der Waals surface area (Å²) in [5.41, 5.74) is 9.88. The van der Waals surface area contributed by atoms with E-state index in [1.165, 1.54) is 0 Å². The van der Waals surface area contributed by atoms with Gasteiger partial charge in [-0.1, -0.05) is 18.9 Å². The van der Waals surface area contributed by atoms with Crippen molar-refractivity contribution in [3.8, 4) is 0 Å². The van der Waals surface area contributed by atoms with E-state index in [0.29, 0.717) is 0 Å². The van der Waals surface area contributed by atoms with Gasteiger partial charge in [-0.25, -0.2) is 4.79 Å². The van der Waals surface area contributed by atoms with Gasteiger partial charge in [-0.15, -0.1) is 0 Å². The molecule has 0 radical (unpaired) electrons. The van der Waals surface area contributed by atoms with Gasteiger partial charge in [-0.2, -0.15) is 0 Å². The molecule has 2 rings (SSSR count). The van der Waals surface area contributed by atoms with Gasteiger partial charge in [0.2, 0.25) is 0 Å². The van der Waals surface area contributed by atoms with Crippen molar-refractivity contribution < 1.29 is 9.53 Å². The van der Waals surface area contributed by atoms with E-state index in [2.05, 4.69) is 18.3 Å². The maximum Gasteiger partial charge on any atom is 0.412 e. The summed E-state index contributed by atoms with van der Waals surface area (Å²) in [5.74, 6) is 0. The van der Waals surface area contributed by atoms with Gasteiger partial charge in [0.15, 0.2) is 0 Å². The second-order valence-corrected chi connectivity index (χ2v) is 7.46. The molecule has 1 aliphatic rings. The molecule has 1 aromatic rings. The van der Waals surface area contributed by atoms with Crippen LogP contribution in [0.2, 0.25) is 0 Å². The number of aryl methyl sites for hydroxylation is 1. The molecule has 0 heterocycles. The lowest BCUT2D eigenvalue weighted by molar-refractivity contribution is 0.0636. The first-order valence-corrected chi connectivity index (χ1v) is 8.01. The number of hydrogen-bond donors (Lipinski definition) is 2. The molecule has 1 aliphatic carbocycles. The van der Waals surface area contributed by atoms with Crippen LogP contribution in [0.4, 0.5) is 10.5 Å². The first-order valence-electron chi connectivity index (χ1n) is 8.01. The number of carbonyl (C=O) groups excluding carboxylic acids is 1. The van der Waals surface area contributed by atoms with E-state index in [9.17, 15) is 4.79 Å². The van der Waals surface area contributed by atoms with Crippen LogP contribution in [0.5, 0.6) is 0 Å². The average Bonchev–Trinajstić information content (AvgIpc) is 2.80. The fraction of sp³-hybridized carbons (Fsp3) is 0.611. The monoisotopic (exact) mass is 304 g/mol. The van der Waals surface area contributed by atoms with E-state index in [-0.39, 0.29) is 5.54 Å². The lowest BCUT2D eigenvalue weighted by Crippen LogP contribution is -2.33. The SMILES string of the molecule is Cc1cc(C2(N)CCCC2)cc(NC(=O)OC(C)(C)C)c1C. The summed E-state index contributed by atoms with van der Waals surface area (Å²) < 4.78 is 5.35. The first-order chi connectivity index (χ1) is 10.1. The van der Waals surface area contributed by atoms with E-state index in [1.807, 2.05) is 33.8 Å². The Hall–Kier alpha value is -1.55. The molecule has 4 heteroatoms.